The molecule has 1 aliphatic rings. The molecule has 1 fully saturated rings. The Morgan fingerprint density at radius 3 is 2.81 bits per heavy atom. The number of esters is 1. The number of pyridine rings is 1. The number of hydrogen-bond acceptors (Lipinski definition) is 7. The first-order valence-electron chi connectivity index (χ1n) is 12.4. The summed E-state index contributed by atoms with van der Waals surface area (Å²) in [6.45, 7) is 3.47. The maximum Gasteiger partial charge on any atom is 0.356 e. The summed E-state index contributed by atoms with van der Waals surface area (Å²) in [4.78, 5) is 30.8. The minimum absolute atomic E-state index is 0.0240. The molecule has 1 amide bonds. The molecule has 4 rings (SSSR count). The lowest BCUT2D eigenvalue weighted by molar-refractivity contribution is -0.119. The number of rotatable bonds is 11. The van der Waals surface area contributed by atoms with Crippen LogP contribution in [0.4, 0.5) is 11.4 Å². The Morgan fingerprint density at radius 2 is 2.11 bits per heavy atom. The minimum Gasteiger partial charge on any atom is -0.464 e. The third-order valence-corrected chi connectivity index (χ3v) is 6.49. The number of aliphatic hydroxyl groups excluding tert-OH is 1. The predicted molar refractivity (Wildman–Crippen MR) is 138 cm³/mol. The average molecular weight is 495 g/mol. The van der Waals surface area contributed by atoms with Gasteiger partial charge in [-0.15, -0.1) is 0 Å². The van der Waals surface area contributed by atoms with Gasteiger partial charge in [-0.3, -0.25) is 4.79 Å². The van der Waals surface area contributed by atoms with E-state index in [0.717, 1.165) is 18.5 Å². The van der Waals surface area contributed by atoms with Crippen LogP contribution in [0.2, 0.25) is 0 Å². The number of aromatic nitrogens is 2. The van der Waals surface area contributed by atoms with Crippen molar-refractivity contribution in [3.63, 3.8) is 0 Å². The van der Waals surface area contributed by atoms with Crippen molar-refractivity contribution in [2.24, 2.45) is 5.92 Å². The van der Waals surface area contributed by atoms with Crippen molar-refractivity contribution in [1.29, 1.82) is 0 Å². The van der Waals surface area contributed by atoms with Crippen LogP contribution < -0.4 is 10.6 Å². The first kappa shape index (κ1) is 25.7. The highest BCUT2D eigenvalue weighted by atomic mass is 16.5. The molecule has 0 saturated carbocycles. The number of aryl methyl sites for hydroxylation is 2. The van der Waals surface area contributed by atoms with Crippen molar-refractivity contribution in [1.82, 2.24) is 9.55 Å². The number of nitrogens with one attached hydrogen (secondary N) is 2. The van der Waals surface area contributed by atoms with Crippen molar-refractivity contribution < 1.29 is 24.2 Å². The van der Waals surface area contributed by atoms with Crippen LogP contribution in [0.1, 0.15) is 42.2 Å². The Labute approximate surface area is 210 Å². The van der Waals surface area contributed by atoms with Gasteiger partial charge in [-0.1, -0.05) is 30.3 Å². The van der Waals surface area contributed by atoms with Crippen molar-refractivity contribution in [2.75, 3.05) is 37.6 Å². The van der Waals surface area contributed by atoms with E-state index in [1.165, 1.54) is 12.7 Å². The number of ether oxygens (including phenoxy) is 2. The molecular weight excluding hydrogens is 460 g/mol. The van der Waals surface area contributed by atoms with Crippen LogP contribution in [-0.4, -0.2) is 59.5 Å². The van der Waals surface area contributed by atoms with E-state index in [-0.39, 0.29) is 30.2 Å². The molecule has 2 aromatic heterocycles. The number of aliphatic hydroxyl groups is 1. The molecule has 0 aliphatic carbocycles. The Balaban J connectivity index is 1.73. The summed E-state index contributed by atoms with van der Waals surface area (Å²) in [6, 6.07) is 12.1. The molecule has 1 aromatic carbocycles. The van der Waals surface area contributed by atoms with Crippen molar-refractivity contribution in [3.8, 4) is 0 Å². The van der Waals surface area contributed by atoms with E-state index in [9.17, 15) is 14.7 Å². The van der Waals surface area contributed by atoms with Crippen LogP contribution in [-0.2, 0) is 27.2 Å². The van der Waals surface area contributed by atoms with Gasteiger partial charge in [0.1, 0.15) is 5.65 Å². The van der Waals surface area contributed by atoms with Gasteiger partial charge < -0.3 is 29.8 Å². The van der Waals surface area contributed by atoms with Gasteiger partial charge in [-0.05, 0) is 44.2 Å². The molecule has 0 radical (unpaired) electrons. The SMILES string of the molecule is COC(=O)c1c(NC(=O)[C@@H]2CCOC2)c2cc(N[C@@H](C)CCO)cnc2n1CCCc1ccccc1. The van der Waals surface area contributed by atoms with Gasteiger partial charge in [-0.2, -0.15) is 0 Å². The van der Waals surface area contributed by atoms with Gasteiger partial charge in [0.2, 0.25) is 5.91 Å². The standard InChI is InChI=1S/C27H34N4O5/c1-18(10-13-32)29-21-15-22-23(30-26(33)20-11-14-36-17-20)24(27(34)35-2)31(25(22)28-16-21)12-6-9-19-7-4-3-5-8-19/h3-5,7-8,15-16,18,20,29,32H,6,9-14,17H2,1-2H3,(H,30,33)/t18-,20+/m0/s1. The maximum absolute atomic E-state index is 13.1. The zero-order valence-corrected chi connectivity index (χ0v) is 20.8. The van der Waals surface area contributed by atoms with E-state index in [1.54, 1.807) is 6.20 Å². The van der Waals surface area contributed by atoms with Gasteiger partial charge in [0, 0.05) is 31.2 Å². The van der Waals surface area contributed by atoms with Gasteiger partial charge >= 0.3 is 5.97 Å². The lowest BCUT2D eigenvalue weighted by Gasteiger charge is -2.14. The Morgan fingerprint density at radius 1 is 1.31 bits per heavy atom. The zero-order valence-electron chi connectivity index (χ0n) is 20.8. The van der Waals surface area contributed by atoms with Crippen LogP contribution in [0.3, 0.4) is 0 Å². The third kappa shape index (κ3) is 5.85. The third-order valence-electron chi connectivity index (χ3n) is 6.49. The molecule has 0 unspecified atom stereocenters. The summed E-state index contributed by atoms with van der Waals surface area (Å²) in [5.41, 5.74) is 3.23. The molecule has 36 heavy (non-hydrogen) atoms. The molecule has 3 aromatic rings. The van der Waals surface area contributed by atoms with Crippen molar-refractivity contribution in [3.05, 3.63) is 53.9 Å². The van der Waals surface area contributed by atoms with Gasteiger partial charge in [0.15, 0.2) is 5.69 Å². The smallest absolute Gasteiger partial charge is 0.356 e. The molecule has 9 heteroatoms. The Hall–Kier alpha value is -3.43. The maximum atomic E-state index is 13.1. The summed E-state index contributed by atoms with van der Waals surface area (Å²) in [7, 11) is 1.34. The second kappa shape index (κ2) is 12.0. The first-order chi connectivity index (χ1) is 17.5. The largest absolute Gasteiger partial charge is 0.464 e. The number of methoxy groups -OCH3 is 1. The van der Waals surface area contributed by atoms with Crippen LogP contribution in [0.15, 0.2) is 42.6 Å². The summed E-state index contributed by atoms with van der Waals surface area (Å²) in [5, 5.41) is 16.2. The van der Waals surface area contributed by atoms with E-state index in [4.69, 9.17) is 9.47 Å². The summed E-state index contributed by atoms with van der Waals surface area (Å²) in [5.74, 6) is -0.993. The molecule has 192 valence electrons. The summed E-state index contributed by atoms with van der Waals surface area (Å²) < 4.78 is 12.4. The molecule has 1 saturated heterocycles. The monoisotopic (exact) mass is 494 g/mol. The zero-order chi connectivity index (χ0) is 25.5. The second-order valence-electron chi connectivity index (χ2n) is 9.16. The normalized spacial score (nSPS) is 16.1. The molecule has 1 aliphatic heterocycles. The molecular formula is C27H34N4O5. The fourth-order valence-electron chi connectivity index (χ4n) is 4.56. The lowest BCUT2D eigenvalue weighted by Crippen LogP contribution is -2.24. The molecule has 0 spiro atoms. The van der Waals surface area contributed by atoms with Crippen molar-refractivity contribution >= 4 is 34.3 Å². The van der Waals surface area contributed by atoms with Crippen LogP contribution in [0.25, 0.3) is 11.0 Å². The second-order valence-corrected chi connectivity index (χ2v) is 9.16. The van der Waals surface area contributed by atoms with Gasteiger partial charge in [0.25, 0.3) is 0 Å². The molecule has 2 atom stereocenters. The van der Waals surface area contributed by atoms with Crippen molar-refractivity contribution in [2.45, 2.75) is 45.2 Å². The topological polar surface area (TPSA) is 115 Å². The highest BCUT2D eigenvalue weighted by molar-refractivity contribution is 6.11. The van der Waals surface area contributed by atoms with E-state index in [0.29, 0.717) is 49.3 Å². The first-order valence-corrected chi connectivity index (χ1v) is 12.4. The Bertz CT molecular complexity index is 1190. The number of amides is 1. The van der Waals surface area contributed by atoms with E-state index < -0.39 is 5.97 Å². The minimum atomic E-state index is -0.533. The van der Waals surface area contributed by atoms with E-state index >= 15 is 0 Å². The fourth-order valence-corrected chi connectivity index (χ4v) is 4.56. The van der Waals surface area contributed by atoms with Gasteiger partial charge in [0.05, 0.1) is 37.2 Å². The van der Waals surface area contributed by atoms with E-state index in [2.05, 4.69) is 27.8 Å². The summed E-state index contributed by atoms with van der Waals surface area (Å²) >= 11 is 0. The number of carbonyl (C=O) groups excluding carboxylic acids is 2. The van der Waals surface area contributed by atoms with E-state index in [1.807, 2.05) is 35.8 Å². The van der Waals surface area contributed by atoms with Crippen LogP contribution in [0.5, 0.6) is 0 Å². The van der Waals surface area contributed by atoms with Crippen LogP contribution >= 0.6 is 0 Å². The fraction of sp³-hybridized carbons (Fsp3) is 0.444. The summed E-state index contributed by atoms with van der Waals surface area (Å²) in [6.07, 6.45) is 4.54. The highest BCUT2D eigenvalue weighted by Crippen LogP contribution is 2.34. The number of carbonyl (C=O) groups is 2. The molecule has 3 heterocycles. The highest BCUT2D eigenvalue weighted by Gasteiger charge is 2.29. The Kier molecular flexibility index (Phi) is 8.56. The predicted octanol–water partition coefficient (Wildman–Crippen LogP) is 3.61. The molecule has 3 N–H and O–H groups in total. The lowest BCUT2D eigenvalue weighted by atomic mass is 10.1. The molecule has 9 nitrogen and oxygen atoms in total. The average Bonchev–Trinajstić information content (AvgIpc) is 3.52. The number of benzene rings is 1. The quantitative estimate of drug-likeness (QED) is 0.349. The number of anilines is 2. The van der Waals surface area contributed by atoms with Gasteiger partial charge in [-0.25, -0.2) is 9.78 Å². The number of hydrogen-bond donors (Lipinski definition) is 3. The molecule has 0 bridgehead atoms. The van der Waals surface area contributed by atoms with Crippen LogP contribution in [0, 0.1) is 5.92 Å². The number of nitrogens with zero attached hydrogens (tertiary/aromatic N) is 2. The number of fused-ring (bicyclic) bond motifs is 1.